The second kappa shape index (κ2) is 5.83. The lowest BCUT2D eigenvalue weighted by Gasteiger charge is -2.27. The van der Waals surface area contributed by atoms with Gasteiger partial charge in [0.15, 0.2) is 0 Å². The monoisotopic (exact) mass is 239 g/mol. The van der Waals surface area contributed by atoms with Gasteiger partial charge in [-0.3, -0.25) is 4.79 Å². The summed E-state index contributed by atoms with van der Waals surface area (Å²) in [6.07, 6.45) is 6.01. The summed E-state index contributed by atoms with van der Waals surface area (Å²) < 4.78 is 0. The van der Waals surface area contributed by atoms with Crippen molar-refractivity contribution < 1.29 is 4.79 Å². The molecule has 0 aromatic carbocycles. The number of carbonyl (C=O) groups excluding carboxylic acids is 1. The summed E-state index contributed by atoms with van der Waals surface area (Å²) in [6.45, 7) is 6.63. The molecule has 4 heteroatoms. The lowest BCUT2D eigenvalue weighted by Crippen LogP contribution is -2.49. The van der Waals surface area contributed by atoms with Crippen LogP contribution in [0, 0.1) is 0 Å². The number of likely N-dealkylation sites (tertiary alicyclic amines) is 1. The molecule has 4 nitrogen and oxygen atoms in total. The Bertz CT molecular complexity index is 253. The van der Waals surface area contributed by atoms with Gasteiger partial charge in [-0.2, -0.15) is 0 Å². The van der Waals surface area contributed by atoms with Crippen molar-refractivity contribution in [3.8, 4) is 0 Å². The van der Waals surface area contributed by atoms with Crippen LogP contribution < -0.4 is 10.6 Å². The average molecular weight is 239 g/mol. The largest absolute Gasteiger partial charge is 0.342 e. The van der Waals surface area contributed by atoms with Crippen LogP contribution >= 0.6 is 0 Å². The number of amides is 1. The number of hydrogen-bond acceptors (Lipinski definition) is 3. The molecule has 2 N–H and O–H groups in total. The molecule has 1 unspecified atom stereocenters. The SMILES string of the molecule is CC1(NCC(=O)N2CCCCCC2)CCNC1. The molecule has 0 saturated carbocycles. The van der Waals surface area contributed by atoms with Crippen molar-refractivity contribution in [1.29, 1.82) is 0 Å². The summed E-state index contributed by atoms with van der Waals surface area (Å²) in [5, 5.41) is 6.76. The maximum atomic E-state index is 12.1. The first kappa shape index (κ1) is 12.8. The highest BCUT2D eigenvalue weighted by Crippen LogP contribution is 2.13. The van der Waals surface area contributed by atoms with Gasteiger partial charge < -0.3 is 15.5 Å². The molecule has 98 valence electrons. The molecule has 2 saturated heterocycles. The molecule has 0 radical (unpaired) electrons. The molecular formula is C13H25N3O. The fourth-order valence-corrected chi connectivity index (χ4v) is 2.69. The van der Waals surface area contributed by atoms with E-state index in [2.05, 4.69) is 17.6 Å². The van der Waals surface area contributed by atoms with Crippen molar-refractivity contribution in [2.24, 2.45) is 0 Å². The van der Waals surface area contributed by atoms with Gasteiger partial charge in [0.25, 0.3) is 0 Å². The maximum absolute atomic E-state index is 12.1. The van der Waals surface area contributed by atoms with Crippen molar-refractivity contribution in [3.05, 3.63) is 0 Å². The molecule has 2 aliphatic heterocycles. The van der Waals surface area contributed by atoms with E-state index in [-0.39, 0.29) is 11.4 Å². The van der Waals surface area contributed by atoms with E-state index < -0.39 is 0 Å². The Labute approximate surface area is 104 Å². The molecule has 0 aromatic rings. The highest BCUT2D eigenvalue weighted by atomic mass is 16.2. The zero-order valence-corrected chi connectivity index (χ0v) is 10.9. The molecule has 17 heavy (non-hydrogen) atoms. The first-order valence-corrected chi connectivity index (χ1v) is 6.93. The Hall–Kier alpha value is -0.610. The minimum Gasteiger partial charge on any atom is -0.342 e. The summed E-state index contributed by atoms with van der Waals surface area (Å²) in [6, 6.07) is 0. The van der Waals surface area contributed by atoms with Crippen molar-refractivity contribution in [2.45, 2.75) is 44.6 Å². The number of nitrogens with one attached hydrogen (secondary N) is 2. The third-order valence-corrected chi connectivity index (χ3v) is 3.99. The van der Waals surface area contributed by atoms with E-state index in [0.29, 0.717) is 6.54 Å². The van der Waals surface area contributed by atoms with Crippen LogP contribution in [0.5, 0.6) is 0 Å². The van der Waals surface area contributed by atoms with Crippen molar-refractivity contribution in [1.82, 2.24) is 15.5 Å². The zero-order valence-electron chi connectivity index (χ0n) is 10.9. The van der Waals surface area contributed by atoms with E-state index in [1.807, 2.05) is 4.90 Å². The molecule has 0 bridgehead atoms. The summed E-state index contributed by atoms with van der Waals surface area (Å²) >= 11 is 0. The highest BCUT2D eigenvalue weighted by molar-refractivity contribution is 5.78. The Morgan fingerprint density at radius 1 is 1.29 bits per heavy atom. The zero-order chi connectivity index (χ0) is 12.1. The van der Waals surface area contributed by atoms with E-state index in [4.69, 9.17) is 0 Å². The van der Waals surface area contributed by atoms with E-state index in [1.54, 1.807) is 0 Å². The second-order valence-electron chi connectivity index (χ2n) is 5.64. The quantitative estimate of drug-likeness (QED) is 0.763. The van der Waals surface area contributed by atoms with Crippen LogP contribution in [0.2, 0.25) is 0 Å². The molecule has 2 rings (SSSR count). The summed E-state index contributed by atoms with van der Waals surface area (Å²) in [4.78, 5) is 14.1. The van der Waals surface area contributed by atoms with E-state index in [1.165, 1.54) is 25.7 Å². The van der Waals surface area contributed by atoms with Gasteiger partial charge in [0.05, 0.1) is 6.54 Å². The van der Waals surface area contributed by atoms with Gasteiger partial charge >= 0.3 is 0 Å². The molecule has 0 aliphatic carbocycles. The number of carbonyl (C=O) groups is 1. The smallest absolute Gasteiger partial charge is 0.236 e. The molecule has 0 aromatic heterocycles. The fraction of sp³-hybridized carbons (Fsp3) is 0.923. The van der Waals surface area contributed by atoms with Crippen LogP contribution in [0.1, 0.15) is 39.0 Å². The van der Waals surface area contributed by atoms with Gasteiger partial charge in [-0.15, -0.1) is 0 Å². The first-order chi connectivity index (χ1) is 8.20. The van der Waals surface area contributed by atoms with E-state index >= 15 is 0 Å². The lowest BCUT2D eigenvalue weighted by atomic mass is 10.0. The summed E-state index contributed by atoms with van der Waals surface area (Å²) in [5.41, 5.74) is 0.113. The third-order valence-electron chi connectivity index (χ3n) is 3.99. The standard InChI is InChI=1S/C13H25N3O/c1-13(6-7-14-11-13)15-10-12(17)16-8-4-2-3-5-9-16/h14-15H,2-11H2,1H3. The normalized spacial score (nSPS) is 30.3. The number of hydrogen-bond donors (Lipinski definition) is 2. The van der Waals surface area contributed by atoms with Gasteiger partial charge in [0, 0.05) is 25.2 Å². The predicted molar refractivity (Wildman–Crippen MR) is 68.9 cm³/mol. The molecule has 2 heterocycles. The van der Waals surface area contributed by atoms with Crippen molar-refractivity contribution in [2.75, 3.05) is 32.7 Å². The van der Waals surface area contributed by atoms with Gasteiger partial charge in [-0.05, 0) is 32.7 Å². The maximum Gasteiger partial charge on any atom is 0.236 e. The number of nitrogens with zero attached hydrogens (tertiary/aromatic N) is 1. The molecule has 0 spiro atoms. The third kappa shape index (κ3) is 3.68. The fourth-order valence-electron chi connectivity index (χ4n) is 2.69. The number of rotatable bonds is 3. The van der Waals surface area contributed by atoms with Crippen LogP contribution in [0.3, 0.4) is 0 Å². The Balaban J connectivity index is 1.75. The van der Waals surface area contributed by atoms with E-state index in [0.717, 1.165) is 32.6 Å². The molecular weight excluding hydrogens is 214 g/mol. The van der Waals surface area contributed by atoms with Crippen LogP contribution in [0.4, 0.5) is 0 Å². The van der Waals surface area contributed by atoms with E-state index in [9.17, 15) is 4.79 Å². The topological polar surface area (TPSA) is 44.4 Å². The minimum absolute atomic E-state index is 0.113. The Morgan fingerprint density at radius 3 is 2.59 bits per heavy atom. The van der Waals surface area contributed by atoms with Crippen LogP contribution in [0.15, 0.2) is 0 Å². The van der Waals surface area contributed by atoms with Crippen molar-refractivity contribution >= 4 is 5.91 Å². The van der Waals surface area contributed by atoms with Crippen LogP contribution in [0.25, 0.3) is 0 Å². The Morgan fingerprint density at radius 2 is 2.00 bits per heavy atom. The van der Waals surface area contributed by atoms with Gasteiger partial charge in [0.1, 0.15) is 0 Å². The average Bonchev–Trinajstić information content (AvgIpc) is 2.60. The van der Waals surface area contributed by atoms with Crippen LogP contribution in [-0.2, 0) is 4.79 Å². The molecule has 1 amide bonds. The van der Waals surface area contributed by atoms with Gasteiger partial charge in [-0.1, -0.05) is 12.8 Å². The highest BCUT2D eigenvalue weighted by Gasteiger charge is 2.29. The minimum atomic E-state index is 0.113. The van der Waals surface area contributed by atoms with Gasteiger partial charge in [-0.25, -0.2) is 0 Å². The molecule has 2 fully saturated rings. The second-order valence-corrected chi connectivity index (χ2v) is 5.64. The molecule has 2 aliphatic rings. The summed E-state index contributed by atoms with van der Waals surface area (Å²) in [5.74, 6) is 0.278. The van der Waals surface area contributed by atoms with Crippen LogP contribution in [-0.4, -0.2) is 49.1 Å². The van der Waals surface area contributed by atoms with Gasteiger partial charge in [0.2, 0.25) is 5.91 Å². The van der Waals surface area contributed by atoms with Crippen molar-refractivity contribution in [3.63, 3.8) is 0 Å². The lowest BCUT2D eigenvalue weighted by molar-refractivity contribution is -0.130. The Kier molecular flexibility index (Phi) is 4.40. The predicted octanol–water partition coefficient (Wildman–Crippen LogP) is 0.731. The first-order valence-electron chi connectivity index (χ1n) is 6.93. The molecule has 1 atom stereocenters. The summed E-state index contributed by atoms with van der Waals surface area (Å²) in [7, 11) is 0.